The number of H-pyrrole nitrogens is 1. The van der Waals surface area contributed by atoms with E-state index in [-0.39, 0.29) is 5.92 Å². The van der Waals surface area contributed by atoms with Gasteiger partial charge in [0.05, 0.1) is 7.11 Å². The zero-order valence-corrected chi connectivity index (χ0v) is 18.7. The number of hydrogen-bond donors (Lipinski definition) is 2. The number of imidazole rings is 1. The Bertz CT molecular complexity index is 1140. The second kappa shape index (κ2) is 9.15. The fraction of sp³-hybridized carbons (Fsp3) is 0.360. The minimum atomic E-state index is -0.499. The van der Waals surface area contributed by atoms with Gasteiger partial charge in [-0.15, -0.1) is 0 Å². The Kier molecular flexibility index (Phi) is 5.92. The number of ether oxygens (including phenoxy) is 3. The molecule has 1 aromatic heterocycles. The van der Waals surface area contributed by atoms with Crippen molar-refractivity contribution in [2.75, 3.05) is 33.4 Å². The molecule has 1 fully saturated rings. The van der Waals surface area contributed by atoms with Crippen LogP contribution in [-0.2, 0) is 6.54 Å². The SMILES string of the molecule is COc1cc2c(cc1CN1CCCC(c3nc(-c4ccccc4)c(C(N)=O)[nH]3)C1)OCCO2. The number of piperidine rings is 1. The van der Waals surface area contributed by atoms with Crippen molar-refractivity contribution in [3.8, 4) is 28.5 Å². The van der Waals surface area contributed by atoms with Gasteiger partial charge in [-0.1, -0.05) is 30.3 Å². The van der Waals surface area contributed by atoms with Crippen LogP contribution in [0.4, 0.5) is 0 Å². The van der Waals surface area contributed by atoms with Gasteiger partial charge >= 0.3 is 0 Å². The van der Waals surface area contributed by atoms with E-state index in [4.69, 9.17) is 24.9 Å². The highest BCUT2D eigenvalue weighted by atomic mass is 16.6. The summed E-state index contributed by atoms with van der Waals surface area (Å²) in [5.74, 6) is 2.76. The Labute approximate surface area is 192 Å². The zero-order valence-electron chi connectivity index (χ0n) is 18.7. The van der Waals surface area contributed by atoms with E-state index >= 15 is 0 Å². The molecule has 1 amide bonds. The average molecular weight is 449 g/mol. The second-order valence-electron chi connectivity index (χ2n) is 8.46. The molecule has 33 heavy (non-hydrogen) atoms. The third kappa shape index (κ3) is 4.39. The summed E-state index contributed by atoms with van der Waals surface area (Å²) in [6, 6.07) is 13.6. The van der Waals surface area contributed by atoms with Gasteiger partial charge in [-0.2, -0.15) is 0 Å². The normalized spacial score (nSPS) is 18.2. The second-order valence-corrected chi connectivity index (χ2v) is 8.46. The van der Waals surface area contributed by atoms with Crippen molar-refractivity contribution in [3.63, 3.8) is 0 Å². The summed E-state index contributed by atoms with van der Waals surface area (Å²) in [7, 11) is 1.67. The maximum Gasteiger partial charge on any atom is 0.267 e. The molecule has 0 bridgehead atoms. The van der Waals surface area contributed by atoms with Crippen molar-refractivity contribution in [2.45, 2.75) is 25.3 Å². The Morgan fingerprint density at radius 1 is 1.21 bits per heavy atom. The van der Waals surface area contributed by atoms with Crippen LogP contribution in [0.15, 0.2) is 42.5 Å². The van der Waals surface area contributed by atoms with Crippen LogP contribution in [0, 0.1) is 0 Å². The number of primary amides is 1. The summed E-state index contributed by atoms with van der Waals surface area (Å²) in [5, 5.41) is 0. The van der Waals surface area contributed by atoms with Crippen molar-refractivity contribution in [2.24, 2.45) is 5.73 Å². The quantitative estimate of drug-likeness (QED) is 0.600. The predicted molar refractivity (Wildman–Crippen MR) is 124 cm³/mol. The molecule has 2 aromatic carbocycles. The number of likely N-dealkylation sites (tertiary alicyclic amines) is 1. The number of amides is 1. The maximum atomic E-state index is 12.1. The molecule has 0 spiro atoms. The molecule has 1 saturated heterocycles. The van der Waals surface area contributed by atoms with Crippen LogP contribution >= 0.6 is 0 Å². The number of nitrogens with one attached hydrogen (secondary N) is 1. The number of aromatic amines is 1. The summed E-state index contributed by atoms with van der Waals surface area (Å²) in [5.41, 5.74) is 8.57. The third-order valence-electron chi connectivity index (χ3n) is 6.25. The number of carbonyl (C=O) groups is 1. The molecule has 2 aliphatic heterocycles. The van der Waals surface area contributed by atoms with Crippen molar-refractivity contribution >= 4 is 5.91 Å². The number of fused-ring (bicyclic) bond motifs is 1. The number of carbonyl (C=O) groups excluding carboxylic acids is 1. The summed E-state index contributed by atoms with van der Waals surface area (Å²) < 4.78 is 17.1. The lowest BCUT2D eigenvalue weighted by Gasteiger charge is -2.32. The molecule has 3 aromatic rings. The molecular weight excluding hydrogens is 420 g/mol. The molecule has 1 unspecified atom stereocenters. The average Bonchev–Trinajstić information content (AvgIpc) is 3.30. The van der Waals surface area contributed by atoms with E-state index in [1.165, 1.54) is 0 Å². The summed E-state index contributed by atoms with van der Waals surface area (Å²) in [6.45, 7) is 3.62. The standard InChI is InChI=1S/C25H28N4O4/c1-31-19-13-21-20(32-10-11-33-21)12-18(19)15-29-9-5-8-17(14-29)25-27-22(23(28-25)24(26)30)16-6-3-2-4-7-16/h2-4,6-7,12-13,17H,5,8-11,14-15H2,1H3,(H2,26,30)(H,27,28). The Hall–Kier alpha value is -3.52. The van der Waals surface area contributed by atoms with Gasteiger partial charge in [-0.25, -0.2) is 4.98 Å². The van der Waals surface area contributed by atoms with Crippen LogP contribution in [0.1, 0.15) is 40.6 Å². The molecule has 0 saturated carbocycles. The highest BCUT2D eigenvalue weighted by Gasteiger charge is 2.27. The zero-order chi connectivity index (χ0) is 22.8. The van der Waals surface area contributed by atoms with Gasteiger partial charge in [-0.05, 0) is 25.5 Å². The van der Waals surface area contributed by atoms with Crippen molar-refractivity contribution in [1.29, 1.82) is 0 Å². The topological polar surface area (TPSA) is 103 Å². The van der Waals surface area contributed by atoms with E-state index in [1.54, 1.807) is 7.11 Å². The van der Waals surface area contributed by atoms with Gasteiger partial charge in [0, 0.05) is 36.2 Å². The van der Waals surface area contributed by atoms with E-state index in [9.17, 15) is 4.79 Å². The molecule has 0 aliphatic carbocycles. The van der Waals surface area contributed by atoms with Crippen LogP contribution < -0.4 is 19.9 Å². The third-order valence-corrected chi connectivity index (χ3v) is 6.25. The smallest absolute Gasteiger partial charge is 0.267 e. The number of aromatic nitrogens is 2. The first-order chi connectivity index (χ1) is 16.1. The van der Waals surface area contributed by atoms with Gasteiger partial charge in [0.15, 0.2) is 11.5 Å². The van der Waals surface area contributed by atoms with Crippen LogP contribution in [-0.4, -0.2) is 54.2 Å². The Morgan fingerprint density at radius 3 is 2.70 bits per heavy atom. The first kappa shape index (κ1) is 21.3. The largest absolute Gasteiger partial charge is 0.496 e. The Balaban J connectivity index is 1.37. The molecule has 8 nitrogen and oxygen atoms in total. The fourth-order valence-electron chi connectivity index (χ4n) is 4.66. The molecule has 0 radical (unpaired) electrons. The van der Waals surface area contributed by atoms with Crippen molar-refractivity contribution in [3.05, 3.63) is 59.5 Å². The van der Waals surface area contributed by atoms with E-state index in [0.717, 1.165) is 66.7 Å². The maximum absolute atomic E-state index is 12.1. The Morgan fingerprint density at radius 2 is 1.97 bits per heavy atom. The summed E-state index contributed by atoms with van der Waals surface area (Å²) >= 11 is 0. The molecular formula is C25H28N4O4. The number of nitrogens with zero attached hydrogens (tertiary/aromatic N) is 2. The molecule has 3 N–H and O–H groups in total. The van der Waals surface area contributed by atoms with Crippen LogP contribution in [0.25, 0.3) is 11.3 Å². The minimum absolute atomic E-state index is 0.178. The highest BCUT2D eigenvalue weighted by Crippen LogP contribution is 2.38. The van der Waals surface area contributed by atoms with E-state index in [2.05, 4.69) is 9.88 Å². The molecule has 1 atom stereocenters. The first-order valence-electron chi connectivity index (χ1n) is 11.3. The van der Waals surface area contributed by atoms with E-state index in [0.29, 0.717) is 24.6 Å². The lowest BCUT2D eigenvalue weighted by Crippen LogP contribution is -2.34. The highest BCUT2D eigenvalue weighted by molar-refractivity contribution is 5.97. The summed E-state index contributed by atoms with van der Waals surface area (Å²) in [6.07, 6.45) is 2.03. The van der Waals surface area contributed by atoms with Gasteiger partial charge < -0.3 is 24.9 Å². The number of hydrogen-bond acceptors (Lipinski definition) is 6. The molecule has 2 aliphatic rings. The summed E-state index contributed by atoms with van der Waals surface area (Å²) in [4.78, 5) is 22.5. The monoisotopic (exact) mass is 448 g/mol. The number of benzene rings is 2. The lowest BCUT2D eigenvalue weighted by atomic mass is 9.96. The van der Waals surface area contributed by atoms with Crippen LogP contribution in [0.3, 0.4) is 0 Å². The number of rotatable bonds is 6. The number of methoxy groups -OCH3 is 1. The van der Waals surface area contributed by atoms with Crippen LogP contribution in [0.5, 0.6) is 17.2 Å². The minimum Gasteiger partial charge on any atom is -0.496 e. The van der Waals surface area contributed by atoms with E-state index in [1.807, 2.05) is 42.5 Å². The first-order valence-corrected chi connectivity index (χ1v) is 11.3. The van der Waals surface area contributed by atoms with Gasteiger partial charge in [0.2, 0.25) is 0 Å². The molecule has 8 heteroatoms. The van der Waals surface area contributed by atoms with Crippen LogP contribution in [0.2, 0.25) is 0 Å². The fourth-order valence-corrected chi connectivity index (χ4v) is 4.66. The molecule has 3 heterocycles. The van der Waals surface area contributed by atoms with Crippen molar-refractivity contribution < 1.29 is 19.0 Å². The molecule has 5 rings (SSSR count). The van der Waals surface area contributed by atoms with Crippen molar-refractivity contribution in [1.82, 2.24) is 14.9 Å². The van der Waals surface area contributed by atoms with Gasteiger partial charge in [0.1, 0.15) is 36.2 Å². The van der Waals surface area contributed by atoms with E-state index < -0.39 is 5.91 Å². The number of nitrogens with two attached hydrogens (primary N) is 1. The molecule has 172 valence electrons. The predicted octanol–water partition coefficient (Wildman–Crippen LogP) is 3.34. The van der Waals surface area contributed by atoms with Gasteiger partial charge in [-0.3, -0.25) is 9.69 Å². The lowest BCUT2D eigenvalue weighted by molar-refractivity contribution is 0.0996. The van der Waals surface area contributed by atoms with Gasteiger partial charge in [0.25, 0.3) is 5.91 Å².